The first-order valence-electron chi connectivity index (χ1n) is 7.68. The van der Waals surface area contributed by atoms with Gasteiger partial charge in [0.15, 0.2) is 0 Å². The van der Waals surface area contributed by atoms with E-state index in [1.807, 2.05) is 12.1 Å². The van der Waals surface area contributed by atoms with Crippen LogP contribution in [0.4, 0.5) is 0 Å². The lowest BCUT2D eigenvalue weighted by molar-refractivity contribution is 0.130. The standard InChI is InChI=1S/C11H16O.C6H12O/c1-2-3-4-5-10-6-8-11(12)9-7-10;7-6-4-2-1-3-5-6/h6-9,12H,2-5H2,1H3;6-7H,1-5H2. The topological polar surface area (TPSA) is 40.5 Å². The van der Waals surface area contributed by atoms with Crippen molar-refractivity contribution in [3.63, 3.8) is 0 Å². The molecule has 0 aromatic heterocycles. The molecule has 0 radical (unpaired) electrons. The van der Waals surface area contributed by atoms with Gasteiger partial charge in [-0.05, 0) is 43.4 Å². The van der Waals surface area contributed by atoms with Crippen LogP contribution in [0, 0.1) is 0 Å². The number of aliphatic hydroxyl groups is 1. The Morgan fingerprint density at radius 2 is 1.63 bits per heavy atom. The van der Waals surface area contributed by atoms with Crippen LogP contribution in [0.15, 0.2) is 24.3 Å². The zero-order valence-corrected chi connectivity index (χ0v) is 12.1. The lowest BCUT2D eigenvalue weighted by Crippen LogP contribution is -2.09. The number of aryl methyl sites for hydroxylation is 1. The lowest BCUT2D eigenvalue weighted by atomic mass is 9.98. The maximum absolute atomic E-state index is 9.03. The van der Waals surface area contributed by atoms with E-state index in [0.717, 1.165) is 19.3 Å². The Morgan fingerprint density at radius 1 is 1.00 bits per heavy atom. The number of hydrogen-bond acceptors (Lipinski definition) is 2. The highest BCUT2D eigenvalue weighted by Crippen LogP contribution is 2.16. The van der Waals surface area contributed by atoms with Gasteiger partial charge in [0, 0.05) is 0 Å². The van der Waals surface area contributed by atoms with Gasteiger partial charge in [-0.1, -0.05) is 51.2 Å². The minimum atomic E-state index is 0.0359. The van der Waals surface area contributed by atoms with Gasteiger partial charge in [0.2, 0.25) is 0 Å². The van der Waals surface area contributed by atoms with Crippen molar-refractivity contribution in [2.24, 2.45) is 0 Å². The van der Waals surface area contributed by atoms with E-state index in [2.05, 4.69) is 6.92 Å². The summed E-state index contributed by atoms with van der Waals surface area (Å²) in [5.74, 6) is 0.356. The first-order valence-corrected chi connectivity index (χ1v) is 7.68. The molecule has 108 valence electrons. The minimum absolute atomic E-state index is 0.0359. The Kier molecular flexibility index (Phi) is 8.31. The number of unbranched alkanes of at least 4 members (excludes halogenated alkanes) is 2. The van der Waals surface area contributed by atoms with Crippen molar-refractivity contribution in [1.82, 2.24) is 0 Å². The van der Waals surface area contributed by atoms with Crippen LogP contribution in [0.1, 0.15) is 63.9 Å². The van der Waals surface area contributed by atoms with Gasteiger partial charge in [-0.15, -0.1) is 0 Å². The number of phenols is 1. The largest absolute Gasteiger partial charge is 0.508 e. The summed E-state index contributed by atoms with van der Waals surface area (Å²) < 4.78 is 0. The second-order valence-electron chi connectivity index (χ2n) is 5.42. The molecule has 0 atom stereocenters. The van der Waals surface area contributed by atoms with Gasteiger partial charge in [-0.3, -0.25) is 0 Å². The summed E-state index contributed by atoms with van der Waals surface area (Å²) in [6.45, 7) is 2.21. The van der Waals surface area contributed by atoms with Crippen LogP contribution in [0.5, 0.6) is 5.75 Å². The molecule has 0 saturated heterocycles. The smallest absolute Gasteiger partial charge is 0.115 e. The fourth-order valence-corrected chi connectivity index (χ4v) is 2.32. The zero-order chi connectivity index (χ0) is 13.9. The van der Waals surface area contributed by atoms with Crippen molar-refractivity contribution in [2.75, 3.05) is 0 Å². The zero-order valence-electron chi connectivity index (χ0n) is 12.1. The lowest BCUT2D eigenvalue weighted by Gasteiger charge is -2.14. The Labute approximate surface area is 117 Å². The van der Waals surface area contributed by atoms with Crippen LogP contribution in [0.2, 0.25) is 0 Å². The second kappa shape index (κ2) is 9.85. The summed E-state index contributed by atoms with van der Waals surface area (Å²) >= 11 is 0. The molecule has 0 heterocycles. The monoisotopic (exact) mass is 264 g/mol. The van der Waals surface area contributed by atoms with Gasteiger partial charge in [0.05, 0.1) is 6.10 Å². The second-order valence-corrected chi connectivity index (χ2v) is 5.42. The Morgan fingerprint density at radius 3 is 2.11 bits per heavy atom. The normalized spacial score (nSPS) is 15.7. The van der Waals surface area contributed by atoms with E-state index in [1.54, 1.807) is 12.1 Å². The van der Waals surface area contributed by atoms with E-state index in [1.165, 1.54) is 44.1 Å². The Bertz CT molecular complexity index is 313. The molecule has 0 aliphatic heterocycles. The maximum Gasteiger partial charge on any atom is 0.115 e. The molecule has 1 saturated carbocycles. The van der Waals surface area contributed by atoms with Gasteiger partial charge in [-0.2, -0.15) is 0 Å². The average Bonchev–Trinajstić information content (AvgIpc) is 2.43. The predicted octanol–water partition coefficient (Wildman–Crippen LogP) is 4.44. The van der Waals surface area contributed by atoms with Gasteiger partial charge in [0.1, 0.15) is 5.75 Å². The quantitative estimate of drug-likeness (QED) is 0.789. The Hall–Kier alpha value is -1.02. The molecule has 1 fully saturated rings. The molecular formula is C17H28O2. The van der Waals surface area contributed by atoms with Crippen molar-refractivity contribution in [1.29, 1.82) is 0 Å². The molecule has 2 heteroatoms. The van der Waals surface area contributed by atoms with Crippen LogP contribution < -0.4 is 0 Å². The number of aliphatic hydroxyl groups excluding tert-OH is 1. The summed E-state index contributed by atoms with van der Waals surface area (Å²) in [7, 11) is 0. The fraction of sp³-hybridized carbons (Fsp3) is 0.647. The number of benzene rings is 1. The van der Waals surface area contributed by atoms with Gasteiger partial charge < -0.3 is 10.2 Å². The van der Waals surface area contributed by atoms with Gasteiger partial charge >= 0.3 is 0 Å². The maximum atomic E-state index is 9.03. The summed E-state index contributed by atoms with van der Waals surface area (Å²) in [5, 5.41) is 17.9. The molecule has 1 aromatic rings. The molecule has 1 aliphatic carbocycles. The first-order chi connectivity index (χ1) is 9.22. The molecule has 2 N–H and O–H groups in total. The van der Waals surface area contributed by atoms with E-state index in [-0.39, 0.29) is 6.10 Å². The molecule has 19 heavy (non-hydrogen) atoms. The van der Waals surface area contributed by atoms with Gasteiger partial charge in [0.25, 0.3) is 0 Å². The molecular weight excluding hydrogens is 236 g/mol. The summed E-state index contributed by atoms with van der Waals surface area (Å²) in [5.41, 5.74) is 1.32. The van der Waals surface area contributed by atoms with E-state index in [4.69, 9.17) is 10.2 Å². The highest BCUT2D eigenvalue weighted by Gasteiger charge is 2.07. The molecule has 0 spiro atoms. The molecule has 1 aliphatic rings. The van der Waals surface area contributed by atoms with E-state index in [9.17, 15) is 0 Å². The third kappa shape index (κ3) is 7.89. The van der Waals surface area contributed by atoms with Crippen molar-refractivity contribution in [2.45, 2.75) is 70.8 Å². The van der Waals surface area contributed by atoms with Crippen molar-refractivity contribution in [3.05, 3.63) is 29.8 Å². The van der Waals surface area contributed by atoms with Crippen molar-refractivity contribution in [3.8, 4) is 5.75 Å². The molecule has 0 amide bonds. The van der Waals surface area contributed by atoms with Crippen LogP contribution in [0.25, 0.3) is 0 Å². The van der Waals surface area contributed by atoms with Crippen LogP contribution in [-0.4, -0.2) is 16.3 Å². The number of hydrogen-bond donors (Lipinski definition) is 2. The SMILES string of the molecule is CCCCCc1ccc(O)cc1.OC1CCCCC1. The molecule has 0 bridgehead atoms. The van der Waals surface area contributed by atoms with Crippen LogP contribution >= 0.6 is 0 Å². The van der Waals surface area contributed by atoms with Crippen molar-refractivity contribution < 1.29 is 10.2 Å². The van der Waals surface area contributed by atoms with Crippen LogP contribution in [-0.2, 0) is 6.42 Å². The summed E-state index contributed by atoms with van der Waals surface area (Å²) in [4.78, 5) is 0. The average molecular weight is 264 g/mol. The van der Waals surface area contributed by atoms with E-state index < -0.39 is 0 Å². The van der Waals surface area contributed by atoms with E-state index >= 15 is 0 Å². The highest BCUT2D eigenvalue weighted by molar-refractivity contribution is 5.25. The summed E-state index contributed by atoms with van der Waals surface area (Å²) in [6.07, 6.45) is 10.9. The first kappa shape index (κ1) is 16.0. The van der Waals surface area contributed by atoms with Gasteiger partial charge in [-0.25, -0.2) is 0 Å². The number of phenolic OH excluding ortho intramolecular Hbond substituents is 1. The third-order valence-corrected chi connectivity index (χ3v) is 3.58. The van der Waals surface area contributed by atoms with Crippen LogP contribution in [0.3, 0.4) is 0 Å². The van der Waals surface area contributed by atoms with E-state index in [0.29, 0.717) is 5.75 Å². The number of rotatable bonds is 4. The Balaban J connectivity index is 0.000000218. The highest BCUT2D eigenvalue weighted by atomic mass is 16.3. The number of aromatic hydroxyl groups is 1. The molecule has 1 aromatic carbocycles. The molecule has 2 rings (SSSR count). The summed E-state index contributed by atoms with van der Waals surface area (Å²) in [6, 6.07) is 7.48. The molecule has 2 nitrogen and oxygen atoms in total. The fourth-order valence-electron chi connectivity index (χ4n) is 2.32. The molecule has 0 unspecified atom stereocenters. The third-order valence-electron chi connectivity index (χ3n) is 3.58. The van der Waals surface area contributed by atoms with Crippen molar-refractivity contribution >= 4 is 0 Å². The minimum Gasteiger partial charge on any atom is -0.508 e. The predicted molar refractivity (Wildman–Crippen MR) is 80.4 cm³/mol.